The van der Waals surface area contributed by atoms with E-state index in [2.05, 4.69) is 24.3 Å². The Morgan fingerprint density at radius 2 is 2.12 bits per heavy atom. The molecule has 0 radical (unpaired) electrons. The Hall–Kier alpha value is -1.57. The highest BCUT2D eigenvalue weighted by Crippen LogP contribution is 2.30. The van der Waals surface area contributed by atoms with Crippen LogP contribution in [-0.4, -0.2) is 11.1 Å². The second kappa shape index (κ2) is 5.67. The zero-order valence-corrected chi connectivity index (χ0v) is 9.93. The van der Waals surface area contributed by atoms with Crippen LogP contribution < -0.4 is 0 Å². The molecule has 0 aromatic heterocycles. The van der Waals surface area contributed by atoms with Crippen LogP contribution in [0.4, 0.5) is 0 Å². The van der Waals surface area contributed by atoms with Gasteiger partial charge >= 0.3 is 5.97 Å². The summed E-state index contributed by atoms with van der Waals surface area (Å²) in [5.74, 6) is -0.197. The maximum Gasteiger partial charge on any atom is 0.328 e. The van der Waals surface area contributed by atoms with E-state index in [1.54, 1.807) is 0 Å². The van der Waals surface area contributed by atoms with E-state index in [4.69, 9.17) is 5.11 Å². The molecule has 1 aliphatic rings. The van der Waals surface area contributed by atoms with Crippen LogP contribution in [0, 0.1) is 5.92 Å². The summed E-state index contributed by atoms with van der Waals surface area (Å²) in [5, 5.41) is 8.77. The maximum absolute atomic E-state index is 10.7. The molecule has 0 bridgehead atoms. The van der Waals surface area contributed by atoms with Crippen molar-refractivity contribution < 1.29 is 9.90 Å². The van der Waals surface area contributed by atoms with Crippen LogP contribution in [0.25, 0.3) is 0 Å². The molecule has 0 heterocycles. The van der Waals surface area contributed by atoms with Gasteiger partial charge < -0.3 is 5.11 Å². The molecule has 2 rings (SSSR count). The highest BCUT2D eigenvalue weighted by Gasteiger charge is 2.17. The Kier molecular flexibility index (Phi) is 3.97. The number of allylic oxidation sites excluding steroid dienone is 1. The topological polar surface area (TPSA) is 37.3 Å². The van der Waals surface area contributed by atoms with Crippen LogP contribution in [0.5, 0.6) is 0 Å². The number of hydrogen-bond donors (Lipinski definition) is 1. The first kappa shape index (κ1) is 11.9. The Morgan fingerprint density at radius 1 is 1.35 bits per heavy atom. The predicted molar refractivity (Wildman–Crippen MR) is 67.8 cm³/mol. The molecule has 1 saturated carbocycles. The molecular formula is C15H18O2. The van der Waals surface area contributed by atoms with E-state index in [0.717, 1.165) is 31.3 Å². The fraction of sp³-hybridized carbons (Fsp3) is 0.400. The lowest BCUT2D eigenvalue weighted by Gasteiger charge is -2.24. The highest BCUT2D eigenvalue weighted by atomic mass is 16.4. The van der Waals surface area contributed by atoms with Crippen LogP contribution in [0.15, 0.2) is 42.0 Å². The van der Waals surface area contributed by atoms with Crippen molar-refractivity contribution in [2.75, 3.05) is 0 Å². The van der Waals surface area contributed by atoms with E-state index in [0.29, 0.717) is 5.92 Å². The fourth-order valence-corrected chi connectivity index (χ4v) is 2.62. The third-order valence-electron chi connectivity index (χ3n) is 3.36. The van der Waals surface area contributed by atoms with Crippen molar-refractivity contribution in [3.05, 3.63) is 47.5 Å². The smallest absolute Gasteiger partial charge is 0.328 e. The van der Waals surface area contributed by atoms with Gasteiger partial charge in [0.05, 0.1) is 0 Å². The molecule has 0 aliphatic heterocycles. The van der Waals surface area contributed by atoms with Crippen LogP contribution in [0.1, 0.15) is 31.2 Å². The molecule has 2 heteroatoms. The summed E-state index contributed by atoms with van der Waals surface area (Å²) in [4.78, 5) is 10.7. The average molecular weight is 230 g/mol. The Labute approximate surface area is 102 Å². The lowest BCUT2D eigenvalue weighted by Crippen LogP contribution is -2.12. The number of carbonyl (C=O) groups is 1. The average Bonchev–Trinajstić information content (AvgIpc) is 2.30. The molecule has 0 amide bonds. The van der Waals surface area contributed by atoms with Gasteiger partial charge in [-0.2, -0.15) is 0 Å². The van der Waals surface area contributed by atoms with Gasteiger partial charge in [0, 0.05) is 6.08 Å². The van der Waals surface area contributed by atoms with E-state index >= 15 is 0 Å². The standard InChI is InChI=1S/C15H18O2/c16-15(17)11-14-8-4-7-13(10-14)9-12-5-2-1-3-6-12/h1-3,5-6,11,13H,4,7-10H2,(H,16,17). The molecule has 1 fully saturated rings. The number of carboxylic acids is 1. The van der Waals surface area contributed by atoms with Crippen LogP contribution >= 0.6 is 0 Å². The summed E-state index contributed by atoms with van der Waals surface area (Å²) < 4.78 is 0. The SMILES string of the molecule is O=C(O)C=C1CCCC(Cc2ccccc2)C1. The summed E-state index contributed by atoms with van der Waals surface area (Å²) in [7, 11) is 0. The van der Waals surface area contributed by atoms with E-state index < -0.39 is 5.97 Å². The summed E-state index contributed by atoms with van der Waals surface area (Å²) in [6.07, 6.45) is 6.70. The quantitative estimate of drug-likeness (QED) is 0.808. The number of hydrogen-bond acceptors (Lipinski definition) is 1. The van der Waals surface area contributed by atoms with Crippen molar-refractivity contribution in [1.29, 1.82) is 0 Å². The third kappa shape index (κ3) is 3.74. The van der Waals surface area contributed by atoms with Crippen molar-refractivity contribution >= 4 is 5.97 Å². The van der Waals surface area contributed by atoms with Gasteiger partial charge in [-0.05, 0) is 43.6 Å². The minimum absolute atomic E-state index is 0.608. The normalized spacial score (nSPS) is 22.6. The second-order valence-corrected chi connectivity index (χ2v) is 4.79. The molecule has 1 unspecified atom stereocenters. The zero-order chi connectivity index (χ0) is 12.1. The molecule has 90 valence electrons. The van der Waals surface area contributed by atoms with E-state index in [9.17, 15) is 4.79 Å². The Balaban J connectivity index is 1.96. The number of benzene rings is 1. The number of carboxylic acid groups (broad SMARTS) is 1. The molecule has 2 nitrogen and oxygen atoms in total. The summed E-state index contributed by atoms with van der Waals surface area (Å²) >= 11 is 0. The van der Waals surface area contributed by atoms with Crippen LogP contribution in [0.2, 0.25) is 0 Å². The summed E-state index contributed by atoms with van der Waals surface area (Å²) in [6.45, 7) is 0. The second-order valence-electron chi connectivity index (χ2n) is 4.79. The largest absolute Gasteiger partial charge is 0.478 e. The molecule has 1 atom stereocenters. The zero-order valence-electron chi connectivity index (χ0n) is 9.93. The van der Waals surface area contributed by atoms with Crippen molar-refractivity contribution in [3.8, 4) is 0 Å². The van der Waals surface area contributed by atoms with Gasteiger partial charge in [-0.3, -0.25) is 0 Å². The molecule has 17 heavy (non-hydrogen) atoms. The summed E-state index contributed by atoms with van der Waals surface area (Å²) in [6, 6.07) is 10.4. The van der Waals surface area contributed by atoms with Crippen LogP contribution in [-0.2, 0) is 11.2 Å². The lowest BCUT2D eigenvalue weighted by molar-refractivity contribution is -0.131. The van der Waals surface area contributed by atoms with Gasteiger partial charge in [-0.1, -0.05) is 35.9 Å². The van der Waals surface area contributed by atoms with E-state index in [1.165, 1.54) is 18.1 Å². The molecular weight excluding hydrogens is 212 g/mol. The maximum atomic E-state index is 10.7. The Bertz CT molecular complexity index is 406. The predicted octanol–water partition coefficient (Wildman–Crippen LogP) is 3.43. The van der Waals surface area contributed by atoms with Crippen molar-refractivity contribution in [3.63, 3.8) is 0 Å². The minimum Gasteiger partial charge on any atom is -0.478 e. The third-order valence-corrected chi connectivity index (χ3v) is 3.36. The van der Waals surface area contributed by atoms with Crippen LogP contribution in [0.3, 0.4) is 0 Å². The van der Waals surface area contributed by atoms with Gasteiger partial charge in [-0.25, -0.2) is 4.79 Å². The van der Waals surface area contributed by atoms with Gasteiger partial charge in [0.1, 0.15) is 0 Å². The minimum atomic E-state index is -0.805. The first-order valence-corrected chi connectivity index (χ1v) is 6.20. The van der Waals surface area contributed by atoms with Gasteiger partial charge in [0.15, 0.2) is 0 Å². The molecule has 1 N–H and O–H groups in total. The number of rotatable bonds is 3. The van der Waals surface area contributed by atoms with E-state index in [1.807, 2.05) is 6.07 Å². The van der Waals surface area contributed by atoms with Crippen molar-refractivity contribution in [1.82, 2.24) is 0 Å². The molecule has 0 saturated heterocycles. The first-order valence-electron chi connectivity index (χ1n) is 6.20. The highest BCUT2D eigenvalue weighted by molar-refractivity contribution is 5.80. The number of aliphatic carboxylic acids is 1. The van der Waals surface area contributed by atoms with Gasteiger partial charge in [-0.15, -0.1) is 0 Å². The van der Waals surface area contributed by atoms with Gasteiger partial charge in [0.25, 0.3) is 0 Å². The molecule has 0 spiro atoms. The first-order chi connectivity index (χ1) is 8.24. The molecule has 1 aromatic rings. The van der Waals surface area contributed by atoms with Crippen molar-refractivity contribution in [2.24, 2.45) is 5.92 Å². The Morgan fingerprint density at radius 3 is 2.82 bits per heavy atom. The monoisotopic (exact) mass is 230 g/mol. The molecule has 1 aromatic carbocycles. The van der Waals surface area contributed by atoms with E-state index in [-0.39, 0.29) is 0 Å². The fourth-order valence-electron chi connectivity index (χ4n) is 2.62. The lowest BCUT2D eigenvalue weighted by atomic mass is 9.82. The molecule has 1 aliphatic carbocycles. The van der Waals surface area contributed by atoms with Gasteiger partial charge in [0.2, 0.25) is 0 Å². The summed E-state index contributed by atoms with van der Waals surface area (Å²) in [5.41, 5.74) is 2.46. The van der Waals surface area contributed by atoms with Crippen molar-refractivity contribution in [2.45, 2.75) is 32.1 Å².